The lowest BCUT2D eigenvalue weighted by molar-refractivity contribution is 0.271. The zero-order chi connectivity index (χ0) is 8.27. The average Bonchev–Trinajstić information content (AvgIpc) is 2.40. The highest BCUT2D eigenvalue weighted by Gasteiger charge is 2.20. The van der Waals surface area contributed by atoms with Gasteiger partial charge in [-0.15, -0.1) is 0 Å². The number of hydrogen-bond acceptors (Lipinski definition) is 1. The van der Waals surface area contributed by atoms with Gasteiger partial charge in [0.25, 0.3) is 0 Å². The Balaban J connectivity index is 2.49. The number of allylic oxidation sites excluding steroid dienone is 1. The van der Waals surface area contributed by atoms with Crippen LogP contribution in [0.4, 0.5) is 0 Å². The van der Waals surface area contributed by atoms with Gasteiger partial charge in [0.05, 0.1) is 0 Å². The van der Waals surface area contributed by atoms with Crippen LogP contribution in [0.15, 0.2) is 12.3 Å². The van der Waals surface area contributed by atoms with Gasteiger partial charge in [0.15, 0.2) is 0 Å². The monoisotopic (exact) mass is 153 g/mol. The van der Waals surface area contributed by atoms with Crippen LogP contribution in [0.25, 0.3) is 0 Å². The lowest BCUT2D eigenvalue weighted by Gasteiger charge is -2.28. The maximum absolute atomic E-state index is 4.08. The van der Waals surface area contributed by atoms with Gasteiger partial charge in [-0.25, -0.2) is 0 Å². The summed E-state index contributed by atoms with van der Waals surface area (Å²) in [5.74, 6) is 0. The van der Waals surface area contributed by atoms with Crippen molar-refractivity contribution in [3.8, 4) is 0 Å². The van der Waals surface area contributed by atoms with Crippen molar-refractivity contribution in [1.29, 1.82) is 0 Å². The molecule has 1 heteroatoms. The standard InChI is InChI=1S/C10H19N/c1-4-10(5-2)11-8-6-7-9(11)3/h10H,3-8H2,1-2H3. The maximum atomic E-state index is 4.08. The van der Waals surface area contributed by atoms with Crippen molar-refractivity contribution < 1.29 is 0 Å². The third-order valence-electron chi connectivity index (χ3n) is 2.65. The summed E-state index contributed by atoms with van der Waals surface area (Å²) in [4.78, 5) is 2.49. The lowest BCUT2D eigenvalue weighted by Crippen LogP contribution is -2.29. The average molecular weight is 153 g/mol. The van der Waals surface area contributed by atoms with Crippen molar-refractivity contribution in [3.63, 3.8) is 0 Å². The molecule has 0 atom stereocenters. The maximum Gasteiger partial charge on any atom is 0.0281 e. The highest BCUT2D eigenvalue weighted by molar-refractivity contribution is 5.01. The van der Waals surface area contributed by atoms with Crippen LogP contribution in [0.1, 0.15) is 39.5 Å². The van der Waals surface area contributed by atoms with Crippen LogP contribution in [0.5, 0.6) is 0 Å². The SMILES string of the molecule is C=C1CCCN1C(CC)CC. The van der Waals surface area contributed by atoms with Crippen LogP contribution in [-0.2, 0) is 0 Å². The van der Waals surface area contributed by atoms with Crippen molar-refractivity contribution in [2.24, 2.45) is 0 Å². The summed E-state index contributed by atoms with van der Waals surface area (Å²) in [6.07, 6.45) is 5.05. The summed E-state index contributed by atoms with van der Waals surface area (Å²) in [5, 5.41) is 0. The Labute approximate surface area is 70.1 Å². The van der Waals surface area contributed by atoms with E-state index in [1.807, 2.05) is 0 Å². The molecular formula is C10H19N. The fraction of sp³-hybridized carbons (Fsp3) is 0.800. The van der Waals surface area contributed by atoms with Gasteiger partial charge < -0.3 is 4.90 Å². The molecule has 0 amide bonds. The zero-order valence-corrected chi connectivity index (χ0v) is 7.77. The van der Waals surface area contributed by atoms with Gasteiger partial charge in [0, 0.05) is 18.3 Å². The highest BCUT2D eigenvalue weighted by atomic mass is 15.2. The second-order valence-electron chi connectivity index (χ2n) is 3.33. The van der Waals surface area contributed by atoms with Crippen LogP contribution < -0.4 is 0 Å². The minimum absolute atomic E-state index is 0.755. The van der Waals surface area contributed by atoms with E-state index in [0.717, 1.165) is 6.04 Å². The third kappa shape index (κ3) is 1.76. The fourth-order valence-corrected chi connectivity index (χ4v) is 1.93. The Kier molecular flexibility index (Phi) is 2.98. The predicted molar refractivity (Wildman–Crippen MR) is 49.5 cm³/mol. The molecular weight excluding hydrogens is 134 g/mol. The molecule has 1 aliphatic rings. The summed E-state index contributed by atoms with van der Waals surface area (Å²) in [6.45, 7) is 9.85. The van der Waals surface area contributed by atoms with Crippen LogP contribution in [0.2, 0.25) is 0 Å². The summed E-state index contributed by atoms with van der Waals surface area (Å²) in [5.41, 5.74) is 1.36. The van der Waals surface area contributed by atoms with Gasteiger partial charge >= 0.3 is 0 Å². The minimum Gasteiger partial charge on any atom is -0.372 e. The number of nitrogens with zero attached hydrogens (tertiary/aromatic N) is 1. The number of rotatable bonds is 3. The quantitative estimate of drug-likeness (QED) is 0.602. The molecule has 0 aromatic heterocycles. The Bertz CT molecular complexity index is 136. The first-order valence-corrected chi connectivity index (χ1v) is 4.74. The summed E-state index contributed by atoms with van der Waals surface area (Å²) in [6, 6.07) is 0.755. The predicted octanol–water partition coefficient (Wildman–Crippen LogP) is 2.78. The molecule has 64 valence electrons. The first-order valence-electron chi connectivity index (χ1n) is 4.74. The molecule has 1 heterocycles. The van der Waals surface area contributed by atoms with Crippen molar-refractivity contribution >= 4 is 0 Å². The van der Waals surface area contributed by atoms with Crippen LogP contribution in [0, 0.1) is 0 Å². The molecule has 1 rings (SSSR count). The summed E-state index contributed by atoms with van der Waals surface area (Å²) in [7, 11) is 0. The van der Waals surface area contributed by atoms with Crippen LogP contribution in [-0.4, -0.2) is 17.5 Å². The first kappa shape index (κ1) is 8.63. The molecule has 1 aliphatic heterocycles. The number of likely N-dealkylation sites (tertiary alicyclic amines) is 1. The van der Waals surface area contributed by atoms with Gasteiger partial charge in [-0.1, -0.05) is 20.4 Å². The molecule has 1 nitrogen and oxygen atoms in total. The lowest BCUT2D eigenvalue weighted by atomic mass is 10.1. The van der Waals surface area contributed by atoms with Crippen molar-refractivity contribution in [2.75, 3.05) is 6.54 Å². The Hall–Kier alpha value is -0.460. The fourth-order valence-electron chi connectivity index (χ4n) is 1.93. The van der Waals surface area contributed by atoms with E-state index in [0.29, 0.717) is 0 Å². The van der Waals surface area contributed by atoms with E-state index in [9.17, 15) is 0 Å². The highest BCUT2D eigenvalue weighted by Crippen LogP contribution is 2.24. The minimum atomic E-state index is 0.755. The Morgan fingerprint density at radius 1 is 1.45 bits per heavy atom. The smallest absolute Gasteiger partial charge is 0.0281 e. The molecule has 0 aliphatic carbocycles. The van der Waals surface area contributed by atoms with Gasteiger partial charge in [-0.3, -0.25) is 0 Å². The topological polar surface area (TPSA) is 3.24 Å². The Morgan fingerprint density at radius 2 is 2.09 bits per heavy atom. The van der Waals surface area contributed by atoms with Crippen molar-refractivity contribution in [1.82, 2.24) is 4.90 Å². The first-order chi connectivity index (χ1) is 5.29. The number of hydrogen-bond donors (Lipinski definition) is 0. The van der Waals surface area contributed by atoms with E-state index in [1.165, 1.54) is 37.9 Å². The molecule has 11 heavy (non-hydrogen) atoms. The molecule has 0 unspecified atom stereocenters. The molecule has 0 aromatic carbocycles. The molecule has 0 aromatic rings. The third-order valence-corrected chi connectivity index (χ3v) is 2.65. The molecule has 0 saturated carbocycles. The summed E-state index contributed by atoms with van der Waals surface area (Å²) < 4.78 is 0. The zero-order valence-electron chi connectivity index (χ0n) is 7.77. The molecule has 0 N–H and O–H groups in total. The van der Waals surface area contributed by atoms with Gasteiger partial charge in [-0.2, -0.15) is 0 Å². The second-order valence-corrected chi connectivity index (χ2v) is 3.33. The Morgan fingerprint density at radius 3 is 2.45 bits per heavy atom. The molecule has 0 bridgehead atoms. The molecule has 0 spiro atoms. The van der Waals surface area contributed by atoms with E-state index >= 15 is 0 Å². The molecule has 1 saturated heterocycles. The van der Waals surface area contributed by atoms with Gasteiger partial charge in [0.2, 0.25) is 0 Å². The van der Waals surface area contributed by atoms with Crippen molar-refractivity contribution in [2.45, 2.75) is 45.6 Å². The normalized spacial score (nSPS) is 18.5. The second kappa shape index (κ2) is 3.80. The summed E-state index contributed by atoms with van der Waals surface area (Å²) >= 11 is 0. The van der Waals surface area contributed by atoms with E-state index in [-0.39, 0.29) is 0 Å². The van der Waals surface area contributed by atoms with E-state index in [2.05, 4.69) is 25.3 Å². The van der Waals surface area contributed by atoms with E-state index in [4.69, 9.17) is 0 Å². The van der Waals surface area contributed by atoms with Crippen molar-refractivity contribution in [3.05, 3.63) is 12.3 Å². The van der Waals surface area contributed by atoms with Gasteiger partial charge in [-0.05, 0) is 25.7 Å². The van der Waals surface area contributed by atoms with Gasteiger partial charge in [0.1, 0.15) is 0 Å². The van der Waals surface area contributed by atoms with Crippen LogP contribution in [0.3, 0.4) is 0 Å². The van der Waals surface area contributed by atoms with E-state index in [1.54, 1.807) is 0 Å². The largest absolute Gasteiger partial charge is 0.372 e. The molecule has 0 radical (unpaired) electrons. The van der Waals surface area contributed by atoms with Crippen LogP contribution >= 0.6 is 0 Å². The molecule has 1 fully saturated rings. The van der Waals surface area contributed by atoms with E-state index < -0.39 is 0 Å².